The molecule has 4 atom stereocenters. The number of carbonyl (C=O) groups is 2. The van der Waals surface area contributed by atoms with Crippen LogP contribution >= 0.6 is 23.2 Å². The molecule has 3 aromatic carbocycles. The zero-order chi connectivity index (χ0) is 25.8. The van der Waals surface area contributed by atoms with Gasteiger partial charge in [-0.15, -0.1) is 0 Å². The van der Waals surface area contributed by atoms with Gasteiger partial charge in [0.25, 0.3) is 11.8 Å². The summed E-state index contributed by atoms with van der Waals surface area (Å²) in [5, 5.41) is 21.3. The van der Waals surface area contributed by atoms with Crippen LogP contribution in [0.5, 0.6) is 0 Å². The van der Waals surface area contributed by atoms with Crippen molar-refractivity contribution in [2.75, 3.05) is 6.61 Å². The molecule has 1 aliphatic rings. The topological polar surface area (TPSA) is 99.1 Å². The SMILES string of the molecule is C[C@H](O)C(CO)N1C(=O)c2ccccc2[C@H](C(=O)NOCc2ccccc2)[C@H]1c1ccc(Cl)cc1Cl. The van der Waals surface area contributed by atoms with Crippen LogP contribution in [0.25, 0.3) is 0 Å². The Morgan fingerprint density at radius 1 is 1.06 bits per heavy atom. The van der Waals surface area contributed by atoms with E-state index >= 15 is 0 Å². The molecule has 3 N–H and O–H groups in total. The largest absolute Gasteiger partial charge is 0.394 e. The van der Waals surface area contributed by atoms with Crippen molar-refractivity contribution < 1.29 is 24.6 Å². The van der Waals surface area contributed by atoms with E-state index in [1.165, 1.54) is 17.9 Å². The summed E-state index contributed by atoms with van der Waals surface area (Å²) in [4.78, 5) is 34.3. The fourth-order valence-corrected chi connectivity index (χ4v) is 5.09. The van der Waals surface area contributed by atoms with Crippen LogP contribution in [-0.2, 0) is 16.2 Å². The minimum absolute atomic E-state index is 0.142. The maximum atomic E-state index is 13.7. The number of nitrogens with zero attached hydrogens (tertiary/aromatic N) is 1. The second-order valence-electron chi connectivity index (χ2n) is 8.62. The van der Waals surface area contributed by atoms with Gasteiger partial charge < -0.3 is 15.1 Å². The molecule has 0 aromatic heterocycles. The van der Waals surface area contributed by atoms with Crippen LogP contribution < -0.4 is 5.48 Å². The number of amides is 2. The predicted molar refractivity (Wildman–Crippen MR) is 136 cm³/mol. The number of hydroxylamine groups is 1. The molecule has 0 aliphatic carbocycles. The second kappa shape index (κ2) is 11.4. The van der Waals surface area contributed by atoms with Crippen molar-refractivity contribution >= 4 is 35.0 Å². The van der Waals surface area contributed by atoms with Gasteiger partial charge in [0.2, 0.25) is 0 Å². The van der Waals surface area contributed by atoms with Gasteiger partial charge in [0.05, 0.1) is 37.3 Å². The van der Waals surface area contributed by atoms with Gasteiger partial charge in [-0.25, -0.2) is 5.48 Å². The van der Waals surface area contributed by atoms with E-state index in [4.69, 9.17) is 28.0 Å². The average Bonchev–Trinajstić information content (AvgIpc) is 2.86. The van der Waals surface area contributed by atoms with Crippen molar-refractivity contribution in [3.63, 3.8) is 0 Å². The number of rotatable bonds is 8. The molecule has 0 spiro atoms. The van der Waals surface area contributed by atoms with E-state index in [1.54, 1.807) is 36.4 Å². The van der Waals surface area contributed by atoms with Gasteiger partial charge in [-0.1, -0.05) is 77.8 Å². The number of benzene rings is 3. The molecule has 7 nitrogen and oxygen atoms in total. The Hall–Kier alpha value is -2.94. The summed E-state index contributed by atoms with van der Waals surface area (Å²) in [7, 11) is 0. The van der Waals surface area contributed by atoms with Crippen molar-refractivity contribution in [2.45, 2.75) is 37.6 Å². The van der Waals surface area contributed by atoms with Crippen molar-refractivity contribution in [1.82, 2.24) is 10.4 Å². The highest BCUT2D eigenvalue weighted by atomic mass is 35.5. The van der Waals surface area contributed by atoms with E-state index in [0.29, 0.717) is 21.7 Å². The lowest BCUT2D eigenvalue weighted by Crippen LogP contribution is -2.55. The van der Waals surface area contributed by atoms with Gasteiger partial charge in [0.1, 0.15) is 0 Å². The first-order chi connectivity index (χ1) is 17.3. The normalized spacial score (nSPS) is 18.9. The Balaban J connectivity index is 1.80. The predicted octanol–water partition coefficient (Wildman–Crippen LogP) is 4.26. The molecular weight excluding hydrogens is 503 g/mol. The third-order valence-corrected chi connectivity index (χ3v) is 6.86. The van der Waals surface area contributed by atoms with Gasteiger partial charge in [0, 0.05) is 15.6 Å². The number of hydrogen-bond donors (Lipinski definition) is 3. The lowest BCUT2D eigenvalue weighted by Gasteiger charge is -2.46. The molecule has 0 bridgehead atoms. The monoisotopic (exact) mass is 528 g/mol. The van der Waals surface area contributed by atoms with Gasteiger partial charge in [-0.3, -0.25) is 14.4 Å². The lowest BCUT2D eigenvalue weighted by molar-refractivity contribution is -0.138. The third kappa shape index (κ3) is 5.26. The van der Waals surface area contributed by atoms with Gasteiger partial charge >= 0.3 is 0 Å². The fourth-order valence-electron chi connectivity index (χ4n) is 4.57. The van der Waals surface area contributed by atoms with E-state index < -0.39 is 42.5 Å². The number of hydrogen-bond acceptors (Lipinski definition) is 5. The van der Waals surface area contributed by atoms with Crippen LogP contribution in [0.2, 0.25) is 10.0 Å². The van der Waals surface area contributed by atoms with Gasteiger partial charge in [0.15, 0.2) is 0 Å². The first-order valence-electron chi connectivity index (χ1n) is 11.4. The molecule has 3 aromatic rings. The summed E-state index contributed by atoms with van der Waals surface area (Å²) in [5.74, 6) is -1.90. The average molecular weight is 529 g/mol. The molecule has 0 saturated carbocycles. The summed E-state index contributed by atoms with van der Waals surface area (Å²) in [6, 6.07) is 18.9. The zero-order valence-corrected chi connectivity index (χ0v) is 21.0. The molecule has 0 radical (unpaired) electrons. The number of nitrogens with one attached hydrogen (secondary N) is 1. The van der Waals surface area contributed by atoms with E-state index in [2.05, 4.69) is 5.48 Å². The summed E-state index contributed by atoms with van der Waals surface area (Å²) in [6.07, 6.45) is -1.09. The van der Waals surface area contributed by atoms with Crippen molar-refractivity contribution in [3.05, 3.63) is 105 Å². The van der Waals surface area contributed by atoms with Crippen LogP contribution in [-0.4, -0.2) is 45.7 Å². The molecule has 0 fully saturated rings. The maximum Gasteiger partial charge on any atom is 0.255 e. The highest BCUT2D eigenvalue weighted by molar-refractivity contribution is 6.35. The molecule has 1 heterocycles. The highest BCUT2D eigenvalue weighted by Crippen LogP contribution is 2.46. The van der Waals surface area contributed by atoms with Crippen molar-refractivity contribution in [1.29, 1.82) is 0 Å². The Kier molecular flexibility index (Phi) is 8.28. The number of aliphatic hydroxyl groups excluding tert-OH is 2. The Bertz CT molecular complexity index is 1240. The molecule has 0 saturated heterocycles. The number of aliphatic hydroxyl groups is 2. The van der Waals surface area contributed by atoms with E-state index in [0.717, 1.165) is 5.56 Å². The van der Waals surface area contributed by atoms with E-state index in [1.807, 2.05) is 30.3 Å². The summed E-state index contributed by atoms with van der Waals surface area (Å²) < 4.78 is 0. The van der Waals surface area contributed by atoms with E-state index in [9.17, 15) is 19.8 Å². The highest BCUT2D eigenvalue weighted by Gasteiger charge is 2.48. The summed E-state index contributed by atoms with van der Waals surface area (Å²) in [5.41, 5.74) is 4.62. The lowest BCUT2D eigenvalue weighted by atomic mass is 9.78. The standard InChI is InChI=1S/C27H26Cl2N2O5/c1-16(33)23(14-32)31-25(21-12-11-18(28)13-22(21)29)24(19-9-5-6-10-20(19)27(31)35)26(34)30-36-15-17-7-3-2-4-8-17/h2-13,16,23-25,32-33H,14-15H2,1H3,(H,30,34)/t16-,23?,24-,25+/m0/s1. The molecule has 1 unspecified atom stereocenters. The first-order valence-corrected chi connectivity index (χ1v) is 12.2. The Morgan fingerprint density at radius 3 is 2.42 bits per heavy atom. The quantitative estimate of drug-likeness (QED) is 0.379. The molecular formula is C27H26Cl2N2O5. The summed E-state index contributed by atoms with van der Waals surface area (Å²) in [6.45, 7) is 1.10. The van der Waals surface area contributed by atoms with Gasteiger partial charge in [-0.05, 0) is 41.8 Å². The number of fused-ring (bicyclic) bond motifs is 1. The zero-order valence-electron chi connectivity index (χ0n) is 19.5. The molecule has 9 heteroatoms. The number of carbonyl (C=O) groups excluding carboxylic acids is 2. The van der Waals surface area contributed by atoms with Crippen LogP contribution in [0.1, 0.15) is 45.9 Å². The van der Waals surface area contributed by atoms with Crippen LogP contribution in [0.3, 0.4) is 0 Å². The Morgan fingerprint density at radius 2 is 1.75 bits per heavy atom. The summed E-state index contributed by atoms with van der Waals surface area (Å²) >= 11 is 12.7. The van der Waals surface area contributed by atoms with Crippen molar-refractivity contribution in [2.24, 2.45) is 0 Å². The Labute approximate surface area is 219 Å². The molecule has 188 valence electrons. The maximum absolute atomic E-state index is 13.7. The molecule has 2 amide bonds. The van der Waals surface area contributed by atoms with Gasteiger partial charge in [-0.2, -0.15) is 0 Å². The first kappa shape index (κ1) is 26.1. The smallest absolute Gasteiger partial charge is 0.255 e. The molecule has 4 rings (SSSR count). The third-order valence-electron chi connectivity index (χ3n) is 6.30. The minimum atomic E-state index is -1.09. The molecule has 1 aliphatic heterocycles. The minimum Gasteiger partial charge on any atom is -0.394 e. The van der Waals surface area contributed by atoms with Crippen LogP contribution in [0, 0.1) is 0 Å². The number of halogens is 2. The van der Waals surface area contributed by atoms with Crippen LogP contribution in [0.15, 0.2) is 72.8 Å². The van der Waals surface area contributed by atoms with Crippen LogP contribution in [0.4, 0.5) is 0 Å². The second-order valence-corrected chi connectivity index (χ2v) is 9.46. The van der Waals surface area contributed by atoms with E-state index in [-0.39, 0.29) is 11.6 Å². The van der Waals surface area contributed by atoms with Crippen molar-refractivity contribution in [3.8, 4) is 0 Å². The fraction of sp³-hybridized carbons (Fsp3) is 0.259. The molecule has 36 heavy (non-hydrogen) atoms.